The topological polar surface area (TPSA) is 64.3 Å². The molecule has 0 bridgehead atoms. The lowest BCUT2D eigenvalue weighted by atomic mass is 10.1. The molecule has 1 N–H and O–H groups in total. The van der Waals surface area contributed by atoms with E-state index in [-0.39, 0.29) is 0 Å². The fourth-order valence-corrected chi connectivity index (χ4v) is 2.80. The van der Waals surface area contributed by atoms with Crippen LogP contribution >= 0.6 is 0 Å². The van der Waals surface area contributed by atoms with Crippen molar-refractivity contribution in [3.8, 4) is 0 Å². The Morgan fingerprint density at radius 2 is 2.00 bits per heavy atom. The third kappa shape index (κ3) is 3.69. The Morgan fingerprint density at radius 3 is 2.81 bits per heavy atom. The van der Waals surface area contributed by atoms with Crippen LogP contribution in [0.25, 0.3) is 5.65 Å². The Kier molecular flexibility index (Phi) is 4.65. The number of ether oxygens (including phenoxy) is 1. The van der Waals surface area contributed by atoms with Gasteiger partial charge in [-0.2, -0.15) is 4.52 Å². The highest BCUT2D eigenvalue weighted by Gasteiger charge is 2.12. The molecule has 6 heteroatoms. The van der Waals surface area contributed by atoms with Crippen LogP contribution in [0.5, 0.6) is 0 Å². The Morgan fingerprint density at radius 1 is 1.19 bits per heavy atom. The zero-order valence-electron chi connectivity index (χ0n) is 12.6. The SMILES string of the molecule is Cc1nnc2ccc(NCCOC3CCCCCC3)nn12. The van der Waals surface area contributed by atoms with E-state index in [1.165, 1.54) is 38.5 Å². The minimum Gasteiger partial charge on any atom is -0.376 e. The van der Waals surface area contributed by atoms with E-state index < -0.39 is 0 Å². The molecule has 0 saturated heterocycles. The third-order valence-corrected chi connectivity index (χ3v) is 3.98. The maximum Gasteiger partial charge on any atom is 0.178 e. The van der Waals surface area contributed by atoms with Gasteiger partial charge in [-0.1, -0.05) is 25.7 Å². The maximum absolute atomic E-state index is 5.96. The second-order valence-electron chi connectivity index (χ2n) is 5.65. The van der Waals surface area contributed by atoms with Gasteiger partial charge in [0.2, 0.25) is 0 Å². The number of fused-ring (bicyclic) bond motifs is 1. The fourth-order valence-electron chi connectivity index (χ4n) is 2.80. The van der Waals surface area contributed by atoms with Gasteiger partial charge in [0.05, 0.1) is 12.7 Å². The highest BCUT2D eigenvalue weighted by Crippen LogP contribution is 2.19. The predicted molar refractivity (Wildman–Crippen MR) is 81.5 cm³/mol. The maximum atomic E-state index is 5.96. The van der Waals surface area contributed by atoms with E-state index in [2.05, 4.69) is 20.6 Å². The van der Waals surface area contributed by atoms with Crippen molar-refractivity contribution < 1.29 is 4.74 Å². The first-order valence-electron chi connectivity index (χ1n) is 7.87. The zero-order chi connectivity index (χ0) is 14.5. The molecule has 1 aliphatic carbocycles. The van der Waals surface area contributed by atoms with Crippen LogP contribution in [0, 0.1) is 6.92 Å². The van der Waals surface area contributed by atoms with Gasteiger partial charge in [-0.15, -0.1) is 15.3 Å². The van der Waals surface area contributed by atoms with Crippen molar-refractivity contribution in [2.75, 3.05) is 18.5 Å². The Labute approximate surface area is 124 Å². The van der Waals surface area contributed by atoms with Crippen LogP contribution in [0.4, 0.5) is 5.82 Å². The van der Waals surface area contributed by atoms with E-state index in [1.54, 1.807) is 4.52 Å². The van der Waals surface area contributed by atoms with E-state index >= 15 is 0 Å². The van der Waals surface area contributed by atoms with Gasteiger partial charge in [0.25, 0.3) is 0 Å². The molecule has 3 rings (SSSR count). The Hall–Kier alpha value is -1.69. The summed E-state index contributed by atoms with van der Waals surface area (Å²) in [5, 5.41) is 15.8. The highest BCUT2D eigenvalue weighted by molar-refractivity contribution is 5.43. The van der Waals surface area contributed by atoms with Crippen molar-refractivity contribution in [2.24, 2.45) is 0 Å². The van der Waals surface area contributed by atoms with Crippen molar-refractivity contribution in [1.29, 1.82) is 0 Å². The quantitative estimate of drug-likeness (QED) is 0.677. The molecule has 1 aliphatic rings. The van der Waals surface area contributed by atoms with E-state index in [1.807, 2.05) is 19.1 Å². The second kappa shape index (κ2) is 6.85. The molecular weight excluding hydrogens is 266 g/mol. The summed E-state index contributed by atoms with van der Waals surface area (Å²) < 4.78 is 7.70. The second-order valence-corrected chi connectivity index (χ2v) is 5.65. The molecule has 0 unspecified atom stereocenters. The van der Waals surface area contributed by atoms with Crippen LogP contribution in [0.2, 0.25) is 0 Å². The molecular formula is C15H23N5O. The lowest BCUT2D eigenvalue weighted by Gasteiger charge is -2.15. The van der Waals surface area contributed by atoms with Gasteiger partial charge in [0, 0.05) is 6.54 Å². The number of rotatable bonds is 5. The molecule has 21 heavy (non-hydrogen) atoms. The van der Waals surface area contributed by atoms with Gasteiger partial charge in [0.15, 0.2) is 11.5 Å². The van der Waals surface area contributed by atoms with Gasteiger partial charge >= 0.3 is 0 Å². The number of hydrogen-bond acceptors (Lipinski definition) is 5. The molecule has 0 spiro atoms. The summed E-state index contributed by atoms with van der Waals surface area (Å²) in [4.78, 5) is 0. The molecule has 114 valence electrons. The van der Waals surface area contributed by atoms with Crippen molar-refractivity contribution in [2.45, 2.75) is 51.6 Å². The monoisotopic (exact) mass is 289 g/mol. The molecule has 2 aromatic heterocycles. The molecule has 0 atom stereocenters. The van der Waals surface area contributed by atoms with E-state index in [0.29, 0.717) is 6.10 Å². The van der Waals surface area contributed by atoms with Crippen molar-refractivity contribution in [3.05, 3.63) is 18.0 Å². The number of anilines is 1. The molecule has 6 nitrogen and oxygen atoms in total. The van der Waals surface area contributed by atoms with E-state index in [4.69, 9.17) is 4.74 Å². The number of aromatic nitrogens is 4. The van der Waals surface area contributed by atoms with Crippen LogP contribution in [-0.2, 0) is 4.74 Å². The molecule has 2 aromatic rings. The molecule has 1 fully saturated rings. The molecule has 0 aliphatic heterocycles. The number of nitrogens with zero attached hydrogens (tertiary/aromatic N) is 4. The van der Waals surface area contributed by atoms with Gasteiger partial charge < -0.3 is 10.1 Å². The van der Waals surface area contributed by atoms with Crippen LogP contribution in [0.15, 0.2) is 12.1 Å². The summed E-state index contributed by atoms with van der Waals surface area (Å²) in [7, 11) is 0. The summed E-state index contributed by atoms with van der Waals surface area (Å²) >= 11 is 0. The van der Waals surface area contributed by atoms with Crippen LogP contribution in [0.1, 0.15) is 44.3 Å². The lowest BCUT2D eigenvalue weighted by molar-refractivity contribution is 0.0501. The Balaban J connectivity index is 1.46. The normalized spacial score (nSPS) is 17.0. The van der Waals surface area contributed by atoms with E-state index in [0.717, 1.165) is 30.4 Å². The molecule has 1 saturated carbocycles. The standard InChI is InChI=1S/C15H23N5O/c1-12-17-18-15-9-8-14(19-20(12)15)16-10-11-21-13-6-4-2-3-5-7-13/h8-9,13H,2-7,10-11H2,1H3,(H,16,19). The van der Waals surface area contributed by atoms with Gasteiger partial charge in [-0.3, -0.25) is 0 Å². The molecule has 2 heterocycles. The van der Waals surface area contributed by atoms with E-state index in [9.17, 15) is 0 Å². The average Bonchev–Trinajstić information content (AvgIpc) is 2.72. The molecule has 0 amide bonds. The van der Waals surface area contributed by atoms with Crippen LogP contribution in [-0.4, -0.2) is 39.1 Å². The summed E-state index contributed by atoms with van der Waals surface area (Å²) in [5.41, 5.74) is 0.771. The number of aryl methyl sites for hydroxylation is 1. The largest absolute Gasteiger partial charge is 0.376 e. The molecule has 0 aromatic carbocycles. The molecule has 0 radical (unpaired) electrons. The predicted octanol–water partition coefficient (Wildman–Crippen LogP) is 2.58. The smallest absolute Gasteiger partial charge is 0.178 e. The van der Waals surface area contributed by atoms with Crippen molar-refractivity contribution >= 4 is 11.5 Å². The first-order valence-corrected chi connectivity index (χ1v) is 7.87. The zero-order valence-corrected chi connectivity index (χ0v) is 12.6. The van der Waals surface area contributed by atoms with Gasteiger partial charge in [-0.05, 0) is 31.9 Å². The van der Waals surface area contributed by atoms with Crippen molar-refractivity contribution in [1.82, 2.24) is 19.8 Å². The van der Waals surface area contributed by atoms with Gasteiger partial charge in [0.1, 0.15) is 5.82 Å². The Bertz CT molecular complexity index is 574. The first kappa shape index (κ1) is 14.3. The highest BCUT2D eigenvalue weighted by atomic mass is 16.5. The summed E-state index contributed by atoms with van der Waals surface area (Å²) in [6.07, 6.45) is 8.21. The first-order chi connectivity index (χ1) is 10.3. The lowest BCUT2D eigenvalue weighted by Crippen LogP contribution is -2.18. The minimum atomic E-state index is 0.449. The minimum absolute atomic E-state index is 0.449. The van der Waals surface area contributed by atoms with Gasteiger partial charge in [-0.25, -0.2) is 0 Å². The van der Waals surface area contributed by atoms with Crippen LogP contribution in [0.3, 0.4) is 0 Å². The third-order valence-electron chi connectivity index (χ3n) is 3.98. The summed E-state index contributed by atoms with van der Waals surface area (Å²) in [5.74, 6) is 1.62. The number of hydrogen-bond donors (Lipinski definition) is 1. The summed E-state index contributed by atoms with van der Waals surface area (Å²) in [6, 6.07) is 3.84. The fraction of sp³-hybridized carbons (Fsp3) is 0.667. The van der Waals surface area contributed by atoms with Crippen LogP contribution < -0.4 is 5.32 Å². The number of nitrogens with one attached hydrogen (secondary N) is 1. The average molecular weight is 289 g/mol. The summed E-state index contributed by atoms with van der Waals surface area (Å²) in [6.45, 7) is 3.40. The van der Waals surface area contributed by atoms with Crippen molar-refractivity contribution in [3.63, 3.8) is 0 Å².